The van der Waals surface area contributed by atoms with Crippen molar-refractivity contribution in [1.29, 1.82) is 0 Å². The molecule has 2 heteroatoms. The van der Waals surface area contributed by atoms with Gasteiger partial charge in [0.1, 0.15) is 0 Å². The molecule has 1 aliphatic carbocycles. The van der Waals surface area contributed by atoms with Crippen LogP contribution in [0.4, 0.5) is 0 Å². The number of rotatable bonds is 2. The molecule has 0 spiro atoms. The molecule has 0 radical (unpaired) electrons. The first kappa shape index (κ1) is 7.92. The van der Waals surface area contributed by atoms with Gasteiger partial charge in [-0.25, -0.2) is 0 Å². The average molecular weight is 148 g/mol. The number of allylic oxidation sites excluding steroid dienone is 2. The lowest BCUT2D eigenvalue weighted by Gasteiger charge is -2.14. The quantitative estimate of drug-likeness (QED) is 0.424. The highest BCUT2D eigenvalue weighted by atomic mass is 15.1. The summed E-state index contributed by atoms with van der Waals surface area (Å²) in [4.78, 5) is 0. The second-order valence-electron chi connectivity index (χ2n) is 2.39. The summed E-state index contributed by atoms with van der Waals surface area (Å²) < 4.78 is 0. The first-order chi connectivity index (χ1) is 5.38. The molecule has 0 N–H and O–H groups in total. The van der Waals surface area contributed by atoms with Crippen LogP contribution in [-0.2, 0) is 0 Å². The minimum Gasteiger partial charge on any atom is -0.197 e. The molecule has 2 unspecified atom stereocenters. The Labute approximate surface area is 67.0 Å². The fraction of sp³-hybridized carbons (Fsp3) is 0.333. The van der Waals surface area contributed by atoms with Crippen molar-refractivity contribution in [2.75, 3.05) is 7.05 Å². The summed E-state index contributed by atoms with van der Waals surface area (Å²) in [6.45, 7) is 3.73. The summed E-state index contributed by atoms with van der Waals surface area (Å²) in [5, 5.41) is 7.80. The monoisotopic (exact) mass is 148 g/mol. The highest BCUT2D eigenvalue weighted by Gasteiger charge is 2.13. The normalized spacial score (nSPS) is 29.5. The Kier molecular flexibility index (Phi) is 2.78. The molecule has 58 valence electrons. The van der Waals surface area contributed by atoms with Crippen LogP contribution in [0.5, 0.6) is 0 Å². The molecule has 0 aromatic carbocycles. The molecule has 11 heavy (non-hydrogen) atoms. The van der Waals surface area contributed by atoms with Crippen LogP contribution in [0.2, 0.25) is 0 Å². The second-order valence-corrected chi connectivity index (χ2v) is 2.39. The van der Waals surface area contributed by atoms with Crippen LogP contribution in [0.15, 0.2) is 47.2 Å². The van der Waals surface area contributed by atoms with Gasteiger partial charge in [-0.2, -0.15) is 10.2 Å². The van der Waals surface area contributed by atoms with E-state index >= 15 is 0 Å². The van der Waals surface area contributed by atoms with Gasteiger partial charge in [0.25, 0.3) is 0 Å². The Morgan fingerprint density at radius 3 is 2.73 bits per heavy atom. The highest BCUT2D eigenvalue weighted by molar-refractivity contribution is 5.20. The van der Waals surface area contributed by atoms with E-state index in [1.165, 1.54) is 0 Å². The van der Waals surface area contributed by atoms with Crippen molar-refractivity contribution in [1.82, 2.24) is 0 Å². The molecule has 0 amide bonds. The van der Waals surface area contributed by atoms with Gasteiger partial charge in [-0.15, -0.1) is 6.58 Å². The van der Waals surface area contributed by atoms with Gasteiger partial charge in [0.15, 0.2) is 0 Å². The van der Waals surface area contributed by atoms with Crippen molar-refractivity contribution >= 4 is 0 Å². The highest BCUT2D eigenvalue weighted by Crippen LogP contribution is 2.16. The van der Waals surface area contributed by atoms with Crippen LogP contribution in [0, 0.1) is 5.92 Å². The van der Waals surface area contributed by atoms with Crippen LogP contribution < -0.4 is 0 Å². The van der Waals surface area contributed by atoms with Gasteiger partial charge < -0.3 is 0 Å². The lowest BCUT2D eigenvalue weighted by Crippen LogP contribution is -2.12. The first-order valence-electron chi connectivity index (χ1n) is 3.65. The molecule has 0 heterocycles. The third-order valence-electron chi connectivity index (χ3n) is 1.67. The third kappa shape index (κ3) is 1.87. The Balaban J connectivity index is 2.70. The number of hydrogen-bond donors (Lipinski definition) is 0. The van der Waals surface area contributed by atoms with Crippen molar-refractivity contribution in [3.8, 4) is 0 Å². The van der Waals surface area contributed by atoms with Crippen molar-refractivity contribution < 1.29 is 0 Å². The molecule has 0 saturated heterocycles. The van der Waals surface area contributed by atoms with E-state index in [2.05, 4.69) is 22.9 Å². The zero-order valence-electron chi connectivity index (χ0n) is 6.64. The van der Waals surface area contributed by atoms with Crippen LogP contribution in [0.25, 0.3) is 0 Å². The Morgan fingerprint density at radius 1 is 1.36 bits per heavy atom. The standard InChI is InChI=1S/C9H12N2/c1-3-8-6-4-5-7-9(8)11-10-2/h3-9H,1H2,2H3. The van der Waals surface area contributed by atoms with Gasteiger partial charge in [0.2, 0.25) is 0 Å². The van der Waals surface area contributed by atoms with Gasteiger partial charge >= 0.3 is 0 Å². The maximum atomic E-state index is 4.05. The molecule has 0 saturated carbocycles. The fourth-order valence-electron chi connectivity index (χ4n) is 1.08. The Hall–Kier alpha value is -1.18. The molecule has 1 aliphatic rings. The second kappa shape index (κ2) is 3.86. The molecule has 2 nitrogen and oxygen atoms in total. The Morgan fingerprint density at radius 2 is 2.09 bits per heavy atom. The van der Waals surface area contributed by atoms with E-state index in [4.69, 9.17) is 0 Å². The van der Waals surface area contributed by atoms with E-state index in [0.29, 0.717) is 5.92 Å². The maximum absolute atomic E-state index is 4.05. The molecule has 0 aromatic heterocycles. The smallest absolute Gasteiger partial charge is 0.0988 e. The van der Waals surface area contributed by atoms with Crippen molar-refractivity contribution in [2.24, 2.45) is 16.1 Å². The van der Waals surface area contributed by atoms with Gasteiger partial charge in [0.05, 0.1) is 6.04 Å². The summed E-state index contributed by atoms with van der Waals surface area (Å²) in [6, 6.07) is 0.155. The van der Waals surface area contributed by atoms with Crippen LogP contribution in [-0.4, -0.2) is 13.1 Å². The van der Waals surface area contributed by atoms with Gasteiger partial charge in [-0.3, -0.25) is 0 Å². The number of nitrogens with zero attached hydrogens (tertiary/aromatic N) is 2. The zero-order valence-corrected chi connectivity index (χ0v) is 6.64. The molecule has 0 aliphatic heterocycles. The molecule has 2 atom stereocenters. The van der Waals surface area contributed by atoms with E-state index in [-0.39, 0.29) is 6.04 Å². The minimum atomic E-state index is 0.155. The fourth-order valence-corrected chi connectivity index (χ4v) is 1.08. The topological polar surface area (TPSA) is 24.7 Å². The average Bonchev–Trinajstić information content (AvgIpc) is 2.06. The van der Waals surface area contributed by atoms with Gasteiger partial charge in [-0.1, -0.05) is 30.4 Å². The molecular formula is C9H12N2. The van der Waals surface area contributed by atoms with Crippen LogP contribution >= 0.6 is 0 Å². The molecule has 0 bridgehead atoms. The Bertz CT molecular complexity index is 214. The molecule has 1 rings (SSSR count). The number of azo groups is 1. The lowest BCUT2D eigenvalue weighted by atomic mass is 9.96. The van der Waals surface area contributed by atoms with Crippen LogP contribution in [0.3, 0.4) is 0 Å². The third-order valence-corrected chi connectivity index (χ3v) is 1.67. The summed E-state index contributed by atoms with van der Waals surface area (Å²) in [5.74, 6) is 0.309. The lowest BCUT2D eigenvalue weighted by molar-refractivity contribution is 0.652. The molecule has 0 fully saturated rings. The van der Waals surface area contributed by atoms with E-state index < -0.39 is 0 Å². The summed E-state index contributed by atoms with van der Waals surface area (Å²) in [5.41, 5.74) is 0. The van der Waals surface area contributed by atoms with Gasteiger partial charge in [0, 0.05) is 13.0 Å². The van der Waals surface area contributed by atoms with Crippen molar-refractivity contribution in [3.05, 3.63) is 37.0 Å². The summed E-state index contributed by atoms with van der Waals surface area (Å²) >= 11 is 0. The predicted molar refractivity (Wildman–Crippen MR) is 46.5 cm³/mol. The van der Waals surface area contributed by atoms with E-state index in [9.17, 15) is 0 Å². The zero-order chi connectivity index (χ0) is 8.10. The first-order valence-corrected chi connectivity index (χ1v) is 3.65. The SMILES string of the molecule is C=CC1C=CC=CC1N=NC. The largest absolute Gasteiger partial charge is 0.197 e. The van der Waals surface area contributed by atoms with Crippen molar-refractivity contribution in [2.45, 2.75) is 6.04 Å². The predicted octanol–water partition coefficient (Wildman–Crippen LogP) is 2.37. The van der Waals surface area contributed by atoms with Crippen molar-refractivity contribution in [3.63, 3.8) is 0 Å². The number of hydrogen-bond acceptors (Lipinski definition) is 2. The molecular weight excluding hydrogens is 136 g/mol. The van der Waals surface area contributed by atoms with Crippen LogP contribution in [0.1, 0.15) is 0 Å². The summed E-state index contributed by atoms with van der Waals surface area (Å²) in [6.07, 6.45) is 9.98. The molecule has 0 aromatic rings. The maximum Gasteiger partial charge on any atom is 0.0988 e. The van der Waals surface area contributed by atoms with Gasteiger partial charge in [-0.05, 0) is 0 Å². The van der Waals surface area contributed by atoms with E-state index in [0.717, 1.165) is 0 Å². The van der Waals surface area contributed by atoms with E-state index in [1.807, 2.05) is 24.3 Å². The van der Waals surface area contributed by atoms with E-state index in [1.54, 1.807) is 7.05 Å². The summed E-state index contributed by atoms with van der Waals surface area (Å²) in [7, 11) is 1.69. The minimum absolute atomic E-state index is 0.155.